The molecule has 50 valence electrons. The Balaban J connectivity index is 2.24. The molecule has 0 N–H and O–H groups in total. The smallest absolute Gasteiger partial charge is 0.244 e. The summed E-state index contributed by atoms with van der Waals surface area (Å²) in [6, 6.07) is 0. The molecule has 0 radical (unpaired) electrons. The lowest BCUT2D eigenvalue weighted by atomic mass is 9.92. The topological polar surface area (TPSA) is 30.8 Å². The minimum Gasteiger partial charge on any atom is -0.360 e. The third kappa shape index (κ3) is 0.477. The highest BCUT2D eigenvalue weighted by atomic mass is 16.8. The predicted octanol–water partition coefficient (Wildman–Crippen LogP) is 0.755. The average Bonchev–Trinajstić information content (AvgIpc) is 1.93. The molecule has 0 bridgehead atoms. The van der Waals surface area contributed by atoms with Gasteiger partial charge in [-0.15, -0.1) is 0 Å². The second kappa shape index (κ2) is 1.29. The third-order valence-electron chi connectivity index (χ3n) is 2.04. The van der Waals surface area contributed by atoms with Crippen molar-refractivity contribution in [3.63, 3.8) is 0 Å². The normalized spacial score (nSPS) is 46.9. The van der Waals surface area contributed by atoms with Gasteiger partial charge in [-0.25, -0.2) is 0 Å². The van der Waals surface area contributed by atoms with E-state index in [1.807, 2.05) is 13.8 Å². The van der Waals surface area contributed by atoms with Crippen LogP contribution in [0.1, 0.15) is 13.8 Å². The number of oxime groups is 1. The molecule has 2 aliphatic rings. The Kier molecular flexibility index (Phi) is 0.750. The molecule has 3 nitrogen and oxygen atoms in total. The average molecular weight is 127 g/mol. The first-order chi connectivity index (χ1) is 4.22. The lowest BCUT2D eigenvalue weighted by Gasteiger charge is -2.38. The summed E-state index contributed by atoms with van der Waals surface area (Å²) in [5, 5.41) is 3.82. The van der Waals surface area contributed by atoms with Crippen LogP contribution >= 0.6 is 0 Å². The fourth-order valence-electron chi connectivity index (χ4n) is 1.22. The van der Waals surface area contributed by atoms with E-state index in [4.69, 9.17) is 9.57 Å². The molecule has 1 unspecified atom stereocenters. The van der Waals surface area contributed by atoms with Gasteiger partial charge in [-0.05, 0) is 6.92 Å². The molecule has 9 heavy (non-hydrogen) atoms. The van der Waals surface area contributed by atoms with E-state index in [0.29, 0.717) is 5.92 Å². The summed E-state index contributed by atoms with van der Waals surface area (Å²) in [4.78, 5) is 5.02. The van der Waals surface area contributed by atoms with E-state index in [1.54, 1.807) is 0 Å². The van der Waals surface area contributed by atoms with Gasteiger partial charge in [-0.3, -0.25) is 0 Å². The molecule has 1 fully saturated rings. The van der Waals surface area contributed by atoms with Crippen molar-refractivity contribution in [3.8, 4) is 0 Å². The van der Waals surface area contributed by atoms with Crippen LogP contribution in [0.3, 0.4) is 0 Å². The molecule has 2 atom stereocenters. The van der Waals surface area contributed by atoms with E-state index < -0.39 is 5.79 Å². The Bertz CT molecular complexity index is 178. The highest BCUT2D eigenvalue weighted by Crippen LogP contribution is 2.39. The SMILES string of the molecule is CC1=NO[C@]2(C)OCC12. The predicted molar refractivity (Wildman–Crippen MR) is 32.0 cm³/mol. The quantitative estimate of drug-likeness (QED) is 0.481. The number of hydrogen-bond donors (Lipinski definition) is 0. The standard InChI is InChI=1S/C6H9NO2/c1-4-5-3-8-6(5,2)9-7-4/h5H,3H2,1-2H3/t5?,6-/m0/s1. The van der Waals surface area contributed by atoms with E-state index in [0.717, 1.165) is 12.3 Å². The monoisotopic (exact) mass is 127 g/mol. The largest absolute Gasteiger partial charge is 0.360 e. The van der Waals surface area contributed by atoms with E-state index in [1.165, 1.54) is 0 Å². The maximum Gasteiger partial charge on any atom is 0.244 e. The number of fused-ring (bicyclic) bond motifs is 1. The van der Waals surface area contributed by atoms with Crippen LogP contribution < -0.4 is 0 Å². The van der Waals surface area contributed by atoms with Crippen LogP contribution in [0.2, 0.25) is 0 Å². The molecule has 0 spiro atoms. The summed E-state index contributed by atoms with van der Waals surface area (Å²) in [6.45, 7) is 4.66. The van der Waals surface area contributed by atoms with Crippen LogP contribution in [0.15, 0.2) is 5.16 Å². The van der Waals surface area contributed by atoms with Crippen LogP contribution in [0, 0.1) is 5.92 Å². The molecule has 0 aliphatic carbocycles. The van der Waals surface area contributed by atoms with Gasteiger partial charge in [0.25, 0.3) is 0 Å². The zero-order valence-corrected chi connectivity index (χ0v) is 5.55. The molecule has 0 amide bonds. The van der Waals surface area contributed by atoms with Crippen molar-refractivity contribution >= 4 is 5.71 Å². The second-order valence-electron chi connectivity index (χ2n) is 2.70. The number of rotatable bonds is 0. The Morgan fingerprint density at radius 1 is 1.78 bits per heavy atom. The van der Waals surface area contributed by atoms with Gasteiger partial charge in [0.05, 0.1) is 18.2 Å². The molecule has 2 heterocycles. The van der Waals surface area contributed by atoms with Gasteiger partial charge in [-0.1, -0.05) is 5.16 Å². The van der Waals surface area contributed by atoms with Crippen LogP contribution in [0.5, 0.6) is 0 Å². The zero-order chi connectivity index (χ0) is 6.48. The Labute approximate surface area is 53.6 Å². The molecule has 2 aliphatic heterocycles. The number of ether oxygens (including phenoxy) is 1. The highest BCUT2D eigenvalue weighted by molar-refractivity contribution is 5.86. The molecular formula is C6H9NO2. The number of hydrogen-bond acceptors (Lipinski definition) is 3. The van der Waals surface area contributed by atoms with Gasteiger partial charge in [0.2, 0.25) is 5.79 Å². The summed E-state index contributed by atoms with van der Waals surface area (Å²) in [7, 11) is 0. The zero-order valence-electron chi connectivity index (χ0n) is 5.55. The summed E-state index contributed by atoms with van der Waals surface area (Å²) in [5.41, 5.74) is 1.06. The van der Waals surface area contributed by atoms with E-state index in [9.17, 15) is 0 Å². The third-order valence-corrected chi connectivity index (χ3v) is 2.04. The Morgan fingerprint density at radius 3 is 2.78 bits per heavy atom. The van der Waals surface area contributed by atoms with Crippen molar-refractivity contribution in [1.29, 1.82) is 0 Å². The molecular weight excluding hydrogens is 118 g/mol. The lowest BCUT2D eigenvalue weighted by Crippen LogP contribution is -2.51. The number of nitrogens with zero attached hydrogens (tertiary/aromatic N) is 1. The van der Waals surface area contributed by atoms with Gasteiger partial charge in [0.1, 0.15) is 0 Å². The van der Waals surface area contributed by atoms with Crippen molar-refractivity contribution in [2.45, 2.75) is 19.6 Å². The van der Waals surface area contributed by atoms with Crippen molar-refractivity contribution < 1.29 is 9.57 Å². The Hall–Kier alpha value is -0.570. The van der Waals surface area contributed by atoms with Crippen LogP contribution in [-0.2, 0) is 9.57 Å². The van der Waals surface area contributed by atoms with E-state index >= 15 is 0 Å². The molecule has 0 aromatic carbocycles. The molecule has 0 saturated carbocycles. The summed E-state index contributed by atoms with van der Waals surface area (Å²) >= 11 is 0. The highest BCUT2D eigenvalue weighted by Gasteiger charge is 2.52. The van der Waals surface area contributed by atoms with Crippen LogP contribution in [0.25, 0.3) is 0 Å². The van der Waals surface area contributed by atoms with Gasteiger partial charge in [0, 0.05) is 6.92 Å². The van der Waals surface area contributed by atoms with Crippen molar-refractivity contribution in [3.05, 3.63) is 0 Å². The molecule has 1 saturated heterocycles. The maximum absolute atomic E-state index is 5.18. The lowest BCUT2D eigenvalue weighted by molar-refractivity contribution is -0.304. The fraction of sp³-hybridized carbons (Fsp3) is 0.833. The molecule has 2 rings (SSSR count). The van der Waals surface area contributed by atoms with Gasteiger partial charge in [0.15, 0.2) is 0 Å². The van der Waals surface area contributed by atoms with E-state index in [-0.39, 0.29) is 0 Å². The minimum atomic E-state index is -0.399. The van der Waals surface area contributed by atoms with Crippen molar-refractivity contribution in [1.82, 2.24) is 0 Å². The second-order valence-corrected chi connectivity index (χ2v) is 2.70. The molecule has 3 heteroatoms. The van der Waals surface area contributed by atoms with Gasteiger partial charge in [-0.2, -0.15) is 0 Å². The van der Waals surface area contributed by atoms with Crippen molar-refractivity contribution in [2.75, 3.05) is 6.61 Å². The first kappa shape index (κ1) is 5.23. The first-order valence-corrected chi connectivity index (χ1v) is 3.09. The Morgan fingerprint density at radius 2 is 2.56 bits per heavy atom. The van der Waals surface area contributed by atoms with Crippen molar-refractivity contribution in [2.24, 2.45) is 11.1 Å². The maximum atomic E-state index is 5.18. The fourth-order valence-corrected chi connectivity index (χ4v) is 1.22. The summed E-state index contributed by atoms with van der Waals surface area (Å²) in [6.07, 6.45) is 0. The first-order valence-electron chi connectivity index (χ1n) is 3.09. The molecule has 0 aromatic rings. The van der Waals surface area contributed by atoms with Gasteiger partial charge < -0.3 is 9.57 Å². The molecule has 0 aromatic heterocycles. The van der Waals surface area contributed by atoms with E-state index in [2.05, 4.69) is 5.16 Å². The summed E-state index contributed by atoms with van der Waals surface area (Å²) in [5.74, 6) is 0.0156. The minimum absolute atomic E-state index is 0.399. The van der Waals surface area contributed by atoms with Crippen LogP contribution in [-0.4, -0.2) is 18.1 Å². The van der Waals surface area contributed by atoms with Crippen LogP contribution in [0.4, 0.5) is 0 Å². The summed E-state index contributed by atoms with van der Waals surface area (Å²) < 4.78 is 5.18. The van der Waals surface area contributed by atoms with Gasteiger partial charge >= 0.3 is 0 Å².